The molecule has 0 aliphatic rings. The van der Waals surface area contributed by atoms with E-state index in [0.717, 1.165) is 23.1 Å². The van der Waals surface area contributed by atoms with Crippen LogP contribution in [0.3, 0.4) is 0 Å². The Kier molecular flexibility index (Phi) is 8.15. The Hall–Kier alpha value is -1.27. The third-order valence-corrected chi connectivity index (χ3v) is 3.26. The highest BCUT2D eigenvalue weighted by Crippen LogP contribution is 2.36. The van der Waals surface area contributed by atoms with Crippen LogP contribution in [0.25, 0.3) is 0 Å². The SMILES string of the molecule is CCNCc1cc(Br)c(OCC(=O)NCC)c(OCC)c1. The summed E-state index contributed by atoms with van der Waals surface area (Å²) in [5.41, 5.74) is 1.09. The maximum Gasteiger partial charge on any atom is 0.257 e. The van der Waals surface area contributed by atoms with Gasteiger partial charge in [0.2, 0.25) is 0 Å². The zero-order chi connectivity index (χ0) is 15.7. The predicted molar refractivity (Wildman–Crippen MR) is 86.9 cm³/mol. The standard InChI is InChI=1S/C15H23BrN2O3/c1-4-17-9-11-7-12(16)15(13(8-11)20-6-3)21-10-14(19)18-5-2/h7-8,17H,4-6,9-10H2,1-3H3,(H,18,19). The number of hydrogen-bond donors (Lipinski definition) is 2. The number of likely N-dealkylation sites (N-methyl/N-ethyl adjacent to an activating group) is 1. The summed E-state index contributed by atoms with van der Waals surface area (Å²) in [6.07, 6.45) is 0. The highest BCUT2D eigenvalue weighted by molar-refractivity contribution is 9.10. The summed E-state index contributed by atoms with van der Waals surface area (Å²) in [5.74, 6) is 1.05. The fourth-order valence-electron chi connectivity index (χ4n) is 1.78. The predicted octanol–water partition coefficient (Wildman–Crippen LogP) is 2.47. The first-order valence-electron chi connectivity index (χ1n) is 7.17. The van der Waals surface area contributed by atoms with Crippen LogP contribution in [-0.2, 0) is 11.3 Å². The number of rotatable bonds is 9. The lowest BCUT2D eigenvalue weighted by Gasteiger charge is -2.15. The van der Waals surface area contributed by atoms with E-state index in [2.05, 4.69) is 33.5 Å². The number of amides is 1. The van der Waals surface area contributed by atoms with E-state index in [9.17, 15) is 4.79 Å². The van der Waals surface area contributed by atoms with Crippen molar-refractivity contribution in [2.45, 2.75) is 27.3 Å². The fourth-order valence-corrected chi connectivity index (χ4v) is 2.39. The summed E-state index contributed by atoms with van der Waals surface area (Å²) >= 11 is 3.48. The average molecular weight is 359 g/mol. The van der Waals surface area contributed by atoms with E-state index < -0.39 is 0 Å². The number of carbonyl (C=O) groups is 1. The molecule has 0 heterocycles. The van der Waals surface area contributed by atoms with Crippen LogP contribution in [0.15, 0.2) is 16.6 Å². The maximum absolute atomic E-state index is 11.5. The first kappa shape index (κ1) is 17.8. The van der Waals surface area contributed by atoms with Crippen LogP contribution in [-0.4, -0.2) is 32.2 Å². The Morgan fingerprint density at radius 1 is 1.19 bits per heavy atom. The van der Waals surface area contributed by atoms with E-state index in [1.54, 1.807) is 0 Å². The first-order valence-corrected chi connectivity index (χ1v) is 7.97. The van der Waals surface area contributed by atoms with Crippen molar-refractivity contribution in [2.24, 2.45) is 0 Å². The molecule has 1 aromatic carbocycles. The van der Waals surface area contributed by atoms with E-state index in [1.165, 1.54) is 0 Å². The normalized spacial score (nSPS) is 10.3. The zero-order valence-electron chi connectivity index (χ0n) is 12.8. The lowest BCUT2D eigenvalue weighted by Crippen LogP contribution is -2.28. The number of hydrogen-bond acceptors (Lipinski definition) is 4. The topological polar surface area (TPSA) is 59.6 Å². The molecule has 1 aromatic rings. The molecule has 21 heavy (non-hydrogen) atoms. The first-order chi connectivity index (χ1) is 10.1. The van der Waals surface area contributed by atoms with Gasteiger partial charge in [0, 0.05) is 13.1 Å². The second kappa shape index (κ2) is 9.63. The molecule has 6 heteroatoms. The smallest absolute Gasteiger partial charge is 0.257 e. The van der Waals surface area contributed by atoms with Crippen molar-refractivity contribution in [3.05, 3.63) is 22.2 Å². The van der Waals surface area contributed by atoms with E-state index >= 15 is 0 Å². The highest BCUT2D eigenvalue weighted by Gasteiger charge is 2.13. The summed E-state index contributed by atoms with van der Waals surface area (Å²) in [7, 11) is 0. The van der Waals surface area contributed by atoms with Crippen molar-refractivity contribution in [3.63, 3.8) is 0 Å². The van der Waals surface area contributed by atoms with Gasteiger partial charge in [-0.05, 0) is 54.0 Å². The Morgan fingerprint density at radius 2 is 1.95 bits per heavy atom. The average Bonchev–Trinajstić information content (AvgIpc) is 2.45. The zero-order valence-corrected chi connectivity index (χ0v) is 14.4. The molecule has 0 aliphatic carbocycles. The van der Waals surface area contributed by atoms with Crippen LogP contribution in [0, 0.1) is 0 Å². The molecule has 0 bridgehead atoms. The molecule has 5 nitrogen and oxygen atoms in total. The van der Waals surface area contributed by atoms with E-state index in [1.807, 2.05) is 26.0 Å². The van der Waals surface area contributed by atoms with Gasteiger partial charge >= 0.3 is 0 Å². The third kappa shape index (κ3) is 5.93. The molecule has 118 valence electrons. The maximum atomic E-state index is 11.5. The largest absolute Gasteiger partial charge is 0.490 e. The summed E-state index contributed by atoms with van der Waals surface area (Å²) in [5, 5.41) is 5.96. The minimum atomic E-state index is -0.149. The van der Waals surface area contributed by atoms with Gasteiger partial charge < -0.3 is 20.1 Å². The van der Waals surface area contributed by atoms with Gasteiger partial charge in [0.15, 0.2) is 18.1 Å². The Bertz CT molecular complexity index is 466. The molecule has 0 spiro atoms. The molecule has 0 aliphatic heterocycles. The van der Waals surface area contributed by atoms with Gasteiger partial charge in [0.05, 0.1) is 11.1 Å². The van der Waals surface area contributed by atoms with Crippen molar-refractivity contribution in [1.29, 1.82) is 0 Å². The Morgan fingerprint density at radius 3 is 2.57 bits per heavy atom. The van der Waals surface area contributed by atoms with Gasteiger partial charge in [-0.25, -0.2) is 0 Å². The van der Waals surface area contributed by atoms with Gasteiger partial charge in [0.25, 0.3) is 5.91 Å². The summed E-state index contributed by atoms with van der Waals surface area (Å²) in [4.78, 5) is 11.5. The molecule has 2 N–H and O–H groups in total. The summed E-state index contributed by atoms with van der Waals surface area (Å²) in [6.45, 7) is 8.59. The van der Waals surface area contributed by atoms with Crippen LogP contribution < -0.4 is 20.1 Å². The van der Waals surface area contributed by atoms with Gasteiger partial charge in [0.1, 0.15) is 0 Å². The molecular formula is C15H23BrN2O3. The Labute approximate surface area is 134 Å². The van der Waals surface area contributed by atoms with Crippen LogP contribution in [0.1, 0.15) is 26.3 Å². The molecule has 0 saturated carbocycles. The molecule has 1 rings (SSSR count). The second-order valence-corrected chi connectivity index (χ2v) is 5.21. The van der Waals surface area contributed by atoms with Crippen LogP contribution in [0.4, 0.5) is 0 Å². The monoisotopic (exact) mass is 358 g/mol. The fraction of sp³-hybridized carbons (Fsp3) is 0.533. The van der Waals surface area contributed by atoms with Crippen LogP contribution >= 0.6 is 15.9 Å². The molecule has 1 amide bonds. The molecule has 0 saturated heterocycles. The molecular weight excluding hydrogens is 336 g/mol. The van der Waals surface area contributed by atoms with E-state index in [-0.39, 0.29) is 12.5 Å². The number of carbonyl (C=O) groups excluding carboxylic acids is 1. The lowest BCUT2D eigenvalue weighted by molar-refractivity contribution is -0.123. The van der Waals surface area contributed by atoms with Crippen molar-refractivity contribution in [1.82, 2.24) is 10.6 Å². The molecule has 0 aromatic heterocycles. The minimum Gasteiger partial charge on any atom is -0.490 e. The summed E-state index contributed by atoms with van der Waals surface area (Å²) < 4.78 is 12.0. The van der Waals surface area contributed by atoms with Crippen LogP contribution in [0.5, 0.6) is 11.5 Å². The minimum absolute atomic E-state index is 0.0287. The highest BCUT2D eigenvalue weighted by atomic mass is 79.9. The molecule has 0 radical (unpaired) electrons. The van der Waals surface area contributed by atoms with Gasteiger partial charge in [-0.2, -0.15) is 0 Å². The number of ether oxygens (including phenoxy) is 2. The van der Waals surface area contributed by atoms with Crippen molar-refractivity contribution in [2.75, 3.05) is 26.3 Å². The quantitative estimate of drug-likeness (QED) is 0.711. The molecule has 0 unspecified atom stereocenters. The molecule has 0 atom stereocenters. The number of halogens is 1. The number of benzene rings is 1. The van der Waals surface area contributed by atoms with Gasteiger partial charge in [-0.3, -0.25) is 4.79 Å². The number of nitrogens with one attached hydrogen (secondary N) is 2. The molecule has 0 fully saturated rings. The Balaban J connectivity index is 2.87. The van der Waals surface area contributed by atoms with Crippen molar-refractivity contribution < 1.29 is 14.3 Å². The van der Waals surface area contributed by atoms with E-state index in [0.29, 0.717) is 24.7 Å². The third-order valence-electron chi connectivity index (χ3n) is 2.67. The van der Waals surface area contributed by atoms with Crippen LogP contribution in [0.2, 0.25) is 0 Å². The second-order valence-electron chi connectivity index (χ2n) is 4.36. The summed E-state index contributed by atoms with van der Waals surface area (Å²) in [6, 6.07) is 3.90. The van der Waals surface area contributed by atoms with Gasteiger partial charge in [-0.1, -0.05) is 6.92 Å². The van der Waals surface area contributed by atoms with E-state index in [4.69, 9.17) is 9.47 Å². The van der Waals surface area contributed by atoms with Gasteiger partial charge in [-0.15, -0.1) is 0 Å². The lowest BCUT2D eigenvalue weighted by atomic mass is 10.2. The van der Waals surface area contributed by atoms with Crippen molar-refractivity contribution >= 4 is 21.8 Å². The van der Waals surface area contributed by atoms with Crippen molar-refractivity contribution in [3.8, 4) is 11.5 Å².